The molecule has 1 atom stereocenters. The van der Waals surface area contributed by atoms with Gasteiger partial charge in [0.25, 0.3) is 0 Å². The normalized spacial score (nSPS) is 14.6. The predicted octanol–water partition coefficient (Wildman–Crippen LogP) is 13.3. The lowest BCUT2D eigenvalue weighted by atomic mass is 9.74. The maximum atomic E-state index is 5.28. The van der Waals surface area contributed by atoms with E-state index in [0.29, 0.717) is 17.5 Å². The Balaban J connectivity index is 1.09. The van der Waals surface area contributed by atoms with Crippen molar-refractivity contribution in [2.24, 2.45) is 0 Å². The molecule has 11 rings (SSSR count). The average Bonchev–Trinajstić information content (AvgIpc) is 3.54. The molecule has 1 aromatic heterocycles. The first-order valence-corrected chi connectivity index (χ1v) is 19.2. The van der Waals surface area contributed by atoms with Gasteiger partial charge in [-0.2, -0.15) is 0 Å². The van der Waals surface area contributed by atoms with Gasteiger partial charge in [-0.3, -0.25) is 0 Å². The van der Waals surface area contributed by atoms with Crippen molar-refractivity contribution in [2.45, 2.75) is 12.3 Å². The zero-order chi connectivity index (χ0) is 37.2. The molecule has 1 heterocycles. The summed E-state index contributed by atoms with van der Waals surface area (Å²) in [4.78, 5) is 15.6. The van der Waals surface area contributed by atoms with Gasteiger partial charge in [0.2, 0.25) is 0 Å². The van der Waals surface area contributed by atoms with E-state index in [1.165, 1.54) is 65.7 Å². The maximum Gasteiger partial charge on any atom is 0.164 e. The molecule has 0 fully saturated rings. The first-order valence-electron chi connectivity index (χ1n) is 19.2. The van der Waals surface area contributed by atoms with Crippen LogP contribution in [-0.4, -0.2) is 15.0 Å². The minimum atomic E-state index is -0.324. The molecule has 1 aliphatic carbocycles. The lowest BCUT2D eigenvalue weighted by Gasteiger charge is -2.28. The molecule has 0 radical (unpaired) electrons. The summed E-state index contributed by atoms with van der Waals surface area (Å²) in [7, 11) is 0. The van der Waals surface area contributed by atoms with Gasteiger partial charge in [-0.25, -0.2) is 15.0 Å². The Bertz CT molecular complexity index is 3130. The molecule has 0 aliphatic heterocycles. The van der Waals surface area contributed by atoms with E-state index in [2.05, 4.69) is 183 Å². The summed E-state index contributed by atoms with van der Waals surface area (Å²) in [6, 6.07) is 69.4. The van der Waals surface area contributed by atoms with Gasteiger partial charge in [0.1, 0.15) is 0 Å². The molecule has 10 aromatic rings. The van der Waals surface area contributed by atoms with Crippen LogP contribution in [0.3, 0.4) is 0 Å². The van der Waals surface area contributed by atoms with Gasteiger partial charge in [0, 0.05) is 22.1 Å². The first-order chi connectivity index (χ1) is 27.6. The van der Waals surface area contributed by atoms with Crippen molar-refractivity contribution < 1.29 is 0 Å². The van der Waals surface area contributed by atoms with Crippen molar-refractivity contribution in [1.82, 2.24) is 15.0 Å². The molecule has 3 heteroatoms. The number of hydrogen-bond donors (Lipinski definition) is 0. The lowest BCUT2D eigenvalue weighted by molar-refractivity contribution is 0.714. The Kier molecular flexibility index (Phi) is 7.30. The van der Waals surface area contributed by atoms with E-state index in [1.54, 1.807) is 0 Å². The number of hydrogen-bond acceptors (Lipinski definition) is 3. The first kappa shape index (κ1) is 32.2. The van der Waals surface area contributed by atoms with Crippen molar-refractivity contribution in [2.75, 3.05) is 0 Å². The predicted molar refractivity (Wildman–Crippen MR) is 232 cm³/mol. The highest BCUT2D eigenvalue weighted by atomic mass is 15.0. The number of rotatable bonds is 5. The fourth-order valence-corrected chi connectivity index (χ4v) is 9.07. The third kappa shape index (κ3) is 4.94. The van der Waals surface area contributed by atoms with E-state index < -0.39 is 0 Å². The Hall–Kier alpha value is -7.23. The fraction of sp³-hybridized carbons (Fsp3) is 0.0377. The summed E-state index contributed by atoms with van der Waals surface area (Å²) >= 11 is 0. The van der Waals surface area contributed by atoms with Gasteiger partial charge in [0.05, 0.1) is 0 Å². The van der Waals surface area contributed by atoms with E-state index in [-0.39, 0.29) is 5.41 Å². The Labute approximate surface area is 325 Å². The SMILES string of the molecule is CC1(c2ccccc2)c2ccccc2-c2c(-c3nc(-c4ccccc4)nc(-c4ccc(-c5c6ccccc6cc6c5ccc5ccccc56)cc4)n3)cccc21. The molecule has 56 heavy (non-hydrogen) atoms. The average molecular weight is 714 g/mol. The minimum absolute atomic E-state index is 0.324. The van der Waals surface area contributed by atoms with Crippen LogP contribution in [0.2, 0.25) is 0 Å². The summed E-state index contributed by atoms with van der Waals surface area (Å²) < 4.78 is 0. The molecular weight excluding hydrogens is 679 g/mol. The fourth-order valence-electron chi connectivity index (χ4n) is 9.07. The van der Waals surface area contributed by atoms with Crippen molar-refractivity contribution in [1.29, 1.82) is 0 Å². The van der Waals surface area contributed by atoms with Crippen molar-refractivity contribution >= 4 is 32.3 Å². The molecule has 0 amide bonds. The van der Waals surface area contributed by atoms with Gasteiger partial charge in [-0.15, -0.1) is 0 Å². The van der Waals surface area contributed by atoms with Crippen LogP contribution < -0.4 is 0 Å². The Morgan fingerprint density at radius 3 is 1.70 bits per heavy atom. The van der Waals surface area contributed by atoms with Gasteiger partial charge < -0.3 is 0 Å². The van der Waals surface area contributed by atoms with Crippen molar-refractivity contribution in [3.8, 4) is 56.4 Å². The van der Waals surface area contributed by atoms with Crippen LogP contribution in [0.4, 0.5) is 0 Å². The minimum Gasteiger partial charge on any atom is -0.208 e. The Morgan fingerprint density at radius 2 is 0.911 bits per heavy atom. The lowest BCUT2D eigenvalue weighted by Crippen LogP contribution is -2.22. The molecule has 1 aliphatic rings. The second-order valence-corrected chi connectivity index (χ2v) is 14.9. The topological polar surface area (TPSA) is 38.7 Å². The van der Waals surface area contributed by atoms with E-state index >= 15 is 0 Å². The van der Waals surface area contributed by atoms with E-state index in [9.17, 15) is 0 Å². The second-order valence-electron chi connectivity index (χ2n) is 14.9. The molecular formula is C53H35N3. The molecule has 0 saturated carbocycles. The van der Waals surface area contributed by atoms with Crippen LogP contribution in [0.15, 0.2) is 194 Å². The van der Waals surface area contributed by atoms with Crippen molar-refractivity contribution in [3.63, 3.8) is 0 Å². The summed E-state index contributed by atoms with van der Waals surface area (Å²) in [6.07, 6.45) is 0. The maximum absolute atomic E-state index is 5.28. The van der Waals surface area contributed by atoms with Crippen LogP contribution in [0.25, 0.3) is 88.7 Å². The van der Waals surface area contributed by atoms with Crippen LogP contribution in [-0.2, 0) is 5.41 Å². The zero-order valence-electron chi connectivity index (χ0n) is 30.8. The standard InChI is InChI=1S/C53H35N3/c1-53(39-19-6-3-7-20-39)46-25-13-12-23-43(46)49-44(24-14-26-47(49)53)52-55-50(36-16-4-2-5-17-36)54-51(56-52)37-29-27-35(28-30-37)48-41-22-11-9-18-38(41)33-45-40-21-10-8-15-34(40)31-32-42(45)48/h2-33H,1H3. The van der Waals surface area contributed by atoms with Gasteiger partial charge in [0.15, 0.2) is 17.5 Å². The molecule has 9 aromatic carbocycles. The summed E-state index contributed by atoms with van der Waals surface area (Å²) in [6.45, 7) is 2.34. The molecule has 0 bridgehead atoms. The quantitative estimate of drug-likeness (QED) is 0.132. The van der Waals surface area contributed by atoms with Crippen LogP contribution >= 0.6 is 0 Å². The third-order valence-corrected chi connectivity index (χ3v) is 11.8. The second kappa shape index (κ2) is 12.7. The van der Waals surface area contributed by atoms with Crippen LogP contribution in [0, 0.1) is 0 Å². The number of benzene rings is 9. The number of fused-ring (bicyclic) bond motifs is 7. The zero-order valence-corrected chi connectivity index (χ0v) is 30.8. The molecule has 0 saturated heterocycles. The van der Waals surface area contributed by atoms with Gasteiger partial charge >= 0.3 is 0 Å². The summed E-state index contributed by atoms with van der Waals surface area (Å²) in [5, 5.41) is 7.47. The Morgan fingerprint density at radius 1 is 0.339 bits per heavy atom. The summed E-state index contributed by atoms with van der Waals surface area (Å²) in [5.74, 6) is 1.95. The smallest absolute Gasteiger partial charge is 0.164 e. The highest BCUT2D eigenvalue weighted by Gasteiger charge is 2.42. The number of aromatic nitrogens is 3. The van der Waals surface area contributed by atoms with E-state index in [4.69, 9.17) is 15.0 Å². The highest BCUT2D eigenvalue weighted by Crippen LogP contribution is 2.54. The largest absolute Gasteiger partial charge is 0.208 e. The van der Waals surface area contributed by atoms with Gasteiger partial charge in [-0.05, 0) is 84.3 Å². The third-order valence-electron chi connectivity index (χ3n) is 11.8. The number of nitrogens with zero attached hydrogens (tertiary/aromatic N) is 3. The van der Waals surface area contributed by atoms with Gasteiger partial charge in [-0.1, -0.05) is 188 Å². The molecule has 3 nitrogen and oxygen atoms in total. The summed E-state index contributed by atoms with van der Waals surface area (Å²) in [5.41, 5.74) is 11.1. The molecule has 1 unspecified atom stereocenters. The van der Waals surface area contributed by atoms with Crippen LogP contribution in [0.1, 0.15) is 23.6 Å². The molecule has 0 N–H and O–H groups in total. The highest BCUT2D eigenvalue weighted by molar-refractivity contribution is 6.20. The molecule has 0 spiro atoms. The van der Waals surface area contributed by atoms with E-state index in [1.807, 2.05) is 18.2 Å². The van der Waals surface area contributed by atoms with E-state index in [0.717, 1.165) is 22.3 Å². The van der Waals surface area contributed by atoms with Crippen LogP contribution in [0.5, 0.6) is 0 Å². The van der Waals surface area contributed by atoms with Crippen molar-refractivity contribution in [3.05, 3.63) is 211 Å². The molecule has 262 valence electrons. The monoisotopic (exact) mass is 713 g/mol.